The summed E-state index contributed by atoms with van der Waals surface area (Å²) in [6, 6.07) is 5.68. The van der Waals surface area contributed by atoms with Gasteiger partial charge in [0.2, 0.25) is 0 Å². The summed E-state index contributed by atoms with van der Waals surface area (Å²) in [7, 11) is 1.73. The van der Waals surface area contributed by atoms with Gasteiger partial charge in [-0.05, 0) is 18.2 Å². The highest BCUT2D eigenvalue weighted by atomic mass is 16.3. The van der Waals surface area contributed by atoms with Crippen LogP contribution in [0.3, 0.4) is 0 Å². The zero-order chi connectivity index (χ0) is 20.4. The van der Waals surface area contributed by atoms with Crippen LogP contribution in [0.1, 0.15) is 5.69 Å². The third kappa shape index (κ3) is 3.92. The van der Waals surface area contributed by atoms with E-state index in [4.69, 9.17) is 5.11 Å². The van der Waals surface area contributed by atoms with Crippen molar-refractivity contribution in [2.45, 2.75) is 13.1 Å². The van der Waals surface area contributed by atoms with Crippen molar-refractivity contribution < 1.29 is 5.11 Å². The Kier molecular flexibility index (Phi) is 5.41. The summed E-state index contributed by atoms with van der Waals surface area (Å²) in [5.41, 5.74) is 2.05. The molecule has 1 N–H and O–H groups in total. The molecule has 152 valence electrons. The number of hydrogen-bond acceptors (Lipinski definition) is 7. The van der Waals surface area contributed by atoms with E-state index >= 15 is 0 Å². The number of nitrogens with zero attached hydrogens (tertiary/aromatic N) is 6. The molecular formula is C20H24N6O3. The highest BCUT2D eigenvalue weighted by Gasteiger charge is 2.19. The fraction of sp³-hybridized carbons (Fsp3) is 0.400. The Hall–Kier alpha value is -3.04. The number of aromatic nitrogens is 4. The molecule has 29 heavy (non-hydrogen) atoms. The normalized spacial score (nSPS) is 15.2. The Morgan fingerprint density at radius 2 is 1.86 bits per heavy atom. The second-order valence-electron chi connectivity index (χ2n) is 7.22. The molecule has 0 spiro atoms. The van der Waals surface area contributed by atoms with Gasteiger partial charge < -0.3 is 14.6 Å². The lowest BCUT2D eigenvalue weighted by Gasteiger charge is -2.35. The summed E-state index contributed by atoms with van der Waals surface area (Å²) in [4.78, 5) is 37.7. The minimum atomic E-state index is -0.141. The lowest BCUT2D eigenvalue weighted by molar-refractivity contribution is 0.245. The van der Waals surface area contributed by atoms with Crippen molar-refractivity contribution in [2.24, 2.45) is 7.05 Å². The summed E-state index contributed by atoms with van der Waals surface area (Å²) in [5.74, 6) is 0. The summed E-state index contributed by atoms with van der Waals surface area (Å²) < 4.78 is 2.97. The minimum Gasteiger partial charge on any atom is -0.395 e. The van der Waals surface area contributed by atoms with Crippen molar-refractivity contribution >= 4 is 16.6 Å². The van der Waals surface area contributed by atoms with Crippen molar-refractivity contribution in [2.75, 3.05) is 37.7 Å². The second-order valence-corrected chi connectivity index (χ2v) is 7.22. The van der Waals surface area contributed by atoms with Crippen LogP contribution < -0.4 is 16.0 Å². The highest BCUT2D eigenvalue weighted by molar-refractivity contribution is 5.81. The monoisotopic (exact) mass is 396 g/mol. The minimum absolute atomic E-state index is 0.0533. The fourth-order valence-corrected chi connectivity index (χ4v) is 3.64. The van der Waals surface area contributed by atoms with Gasteiger partial charge in [-0.1, -0.05) is 0 Å². The van der Waals surface area contributed by atoms with Crippen LogP contribution in [0, 0.1) is 0 Å². The SMILES string of the molecule is Cn1ccnc(CN2CCN(c3ccc4c(=O)n(CCO)cnc4c3)CC2)c1=O. The van der Waals surface area contributed by atoms with Crippen molar-refractivity contribution in [1.82, 2.24) is 24.0 Å². The third-order valence-electron chi connectivity index (χ3n) is 5.35. The first-order valence-corrected chi connectivity index (χ1v) is 9.64. The summed E-state index contributed by atoms with van der Waals surface area (Å²) >= 11 is 0. The zero-order valence-electron chi connectivity index (χ0n) is 16.4. The average Bonchev–Trinajstić information content (AvgIpc) is 2.74. The van der Waals surface area contributed by atoms with Gasteiger partial charge in [0.05, 0.1) is 30.4 Å². The van der Waals surface area contributed by atoms with Crippen molar-refractivity contribution in [3.8, 4) is 0 Å². The number of rotatable bonds is 5. The fourth-order valence-electron chi connectivity index (χ4n) is 3.64. The summed E-state index contributed by atoms with van der Waals surface area (Å²) in [6.45, 7) is 3.98. The van der Waals surface area contributed by atoms with Crippen LogP contribution in [-0.2, 0) is 20.1 Å². The Bertz CT molecular complexity index is 1130. The van der Waals surface area contributed by atoms with Crippen LogP contribution in [0.15, 0.2) is 46.5 Å². The Labute approximate surface area is 167 Å². The van der Waals surface area contributed by atoms with Crippen LogP contribution in [0.2, 0.25) is 0 Å². The van der Waals surface area contributed by atoms with Crippen molar-refractivity contribution in [3.63, 3.8) is 0 Å². The second kappa shape index (κ2) is 8.14. The van der Waals surface area contributed by atoms with Crippen molar-refractivity contribution in [3.05, 3.63) is 63.3 Å². The van der Waals surface area contributed by atoms with Crippen molar-refractivity contribution in [1.29, 1.82) is 0 Å². The topological polar surface area (TPSA) is 96.5 Å². The van der Waals surface area contributed by atoms with Gasteiger partial charge in [-0.15, -0.1) is 0 Å². The lowest BCUT2D eigenvalue weighted by Crippen LogP contribution is -2.46. The van der Waals surface area contributed by atoms with E-state index in [0.29, 0.717) is 23.1 Å². The van der Waals surface area contributed by atoms with E-state index in [1.165, 1.54) is 10.9 Å². The maximum Gasteiger partial charge on any atom is 0.273 e. The van der Waals surface area contributed by atoms with Gasteiger partial charge in [0.25, 0.3) is 11.1 Å². The molecular weight excluding hydrogens is 372 g/mol. The largest absolute Gasteiger partial charge is 0.395 e. The van der Waals surface area contributed by atoms with Gasteiger partial charge in [-0.3, -0.25) is 24.0 Å². The zero-order valence-corrected chi connectivity index (χ0v) is 16.4. The van der Waals surface area contributed by atoms with Gasteiger partial charge >= 0.3 is 0 Å². The van der Waals surface area contributed by atoms with Crippen LogP contribution in [0.5, 0.6) is 0 Å². The van der Waals surface area contributed by atoms with Crippen LogP contribution >= 0.6 is 0 Å². The van der Waals surface area contributed by atoms with Gasteiger partial charge in [-0.25, -0.2) is 4.98 Å². The molecule has 0 unspecified atom stereocenters. The molecule has 1 aliphatic heterocycles. The molecule has 1 saturated heterocycles. The number of hydrogen-bond donors (Lipinski definition) is 1. The van der Waals surface area contributed by atoms with Crippen LogP contribution in [-0.4, -0.2) is 61.9 Å². The first-order chi connectivity index (χ1) is 14.1. The summed E-state index contributed by atoms with van der Waals surface area (Å²) in [6.07, 6.45) is 4.80. The van der Waals surface area contributed by atoms with Crippen LogP contribution in [0.25, 0.3) is 10.9 Å². The lowest BCUT2D eigenvalue weighted by atomic mass is 10.2. The number of fused-ring (bicyclic) bond motifs is 1. The molecule has 0 aliphatic carbocycles. The number of piperazine rings is 1. The molecule has 1 aromatic carbocycles. The van der Waals surface area contributed by atoms with Crippen LogP contribution in [0.4, 0.5) is 5.69 Å². The molecule has 0 amide bonds. The Balaban J connectivity index is 1.46. The molecule has 0 radical (unpaired) electrons. The van der Waals surface area contributed by atoms with E-state index in [1.807, 2.05) is 12.1 Å². The van der Waals surface area contributed by atoms with E-state index in [-0.39, 0.29) is 24.3 Å². The predicted molar refractivity (Wildman–Crippen MR) is 110 cm³/mol. The average molecular weight is 396 g/mol. The molecule has 1 aliphatic rings. The first-order valence-electron chi connectivity index (χ1n) is 9.64. The van der Waals surface area contributed by atoms with E-state index < -0.39 is 0 Å². The van der Waals surface area contributed by atoms with Gasteiger partial charge in [0, 0.05) is 57.9 Å². The molecule has 3 heterocycles. The molecule has 9 nitrogen and oxygen atoms in total. The Morgan fingerprint density at radius 3 is 2.62 bits per heavy atom. The predicted octanol–water partition coefficient (Wildman–Crippen LogP) is -0.195. The number of benzene rings is 1. The molecule has 0 bridgehead atoms. The molecule has 9 heteroatoms. The molecule has 3 aromatic rings. The molecule has 0 saturated carbocycles. The van der Waals surface area contributed by atoms with Gasteiger partial charge in [0.1, 0.15) is 5.69 Å². The molecule has 1 fully saturated rings. The van der Waals surface area contributed by atoms with E-state index in [1.54, 1.807) is 30.1 Å². The number of aliphatic hydroxyl groups excluding tert-OH is 1. The van der Waals surface area contributed by atoms with Gasteiger partial charge in [-0.2, -0.15) is 0 Å². The highest BCUT2D eigenvalue weighted by Crippen LogP contribution is 2.20. The quantitative estimate of drug-likeness (QED) is 0.638. The van der Waals surface area contributed by atoms with E-state index in [9.17, 15) is 9.59 Å². The number of aliphatic hydroxyl groups is 1. The maximum absolute atomic E-state index is 12.4. The van der Waals surface area contributed by atoms with Gasteiger partial charge in [0.15, 0.2) is 0 Å². The van der Waals surface area contributed by atoms with E-state index in [2.05, 4.69) is 19.8 Å². The maximum atomic E-state index is 12.4. The molecule has 0 atom stereocenters. The summed E-state index contributed by atoms with van der Waals surface area (Å²) in [5, 5.41) is 9.60. The smallest absolute Gasteiger partial charge is 0.273 e. The standard InChI is InChI=1S/C20H24N6O3/c1-23-5-4-21-18(20(23)29)13-24-6-8-25(9-7-24)15-2-3-16-17(12-15)22-14-26(10-11-27)19(16)28/h2-5,12,14,27H,6-11,13H2,1H3. The third-order valence-corrected chi connectivity index (χ3v) is 5.35. The molecule has 4 rings (SSSR count). The first kappa shape index (κ1) is 19.3. The Morgan fingerprint density at radius 1 is 1.07 bits per heavy atom. The number of anilines is 1. The van der Waals surface area contributed by atoms with E-state index in [0.717, 1.165) is 31.9 Å². The molecule has 2 aromatic heterocycles. The number of aryl methyl sites for hydroxylation is 1.